The number of halogens is 1. The molecule has 0 saturated heterocycles. The number of hydrogen-bond donors (Lipinski definition) is 2. The van der Waals surface area contributed by atoms with Crippen LogP contribution in [0.25, 0.3) is 11.0 Å². The van der Waals surface area contributed by atoms with Crippen LogP contribution in [0.4, 0.5) is 11.5 Å². The number of nitrogens with one attached hydrogen (secondary N) is 1. The fourth-order valence-electron chi connectivity index (χ4n) is 8.43. The molecule has 8 rings (SSSR count). The summed E-state index contributed by atoms with van der Waals surface area (Å²) in [6, 6.07) is 11.6. The Labute approximate surface area is 303 Å². The molecule has 2 N–H and O–H groups in total. The molecule has 4 aromatic rings. The Balaban J connectivity index is 1.24. The Hall–Kier alpha value is -4.00. The maximum absolute atomic E-state index is 15.0. The van der Waals surface area contributed by atoms with Gasteiger partial charge in [-0.3, -0.25) is 14.2 Å². The van der Waals surface area contributed by atoms with Crippen LogP contribution in [0.15, 0.2) is 65.4 Å². The van der Waals surface area contributed by atoms with Gasteiger partial charge in [-0.05, 0) is 105 Å². The Bertz CT molecular complexity index is 2160. The second-order valence-corrected chi connectivity index (χ2v) is 17.7. The van der Waals surface area contributed by atoms with E-state index >= 15 is 4.21 Å². The van der Waals surface area contributed by atoms with Crippen LogP contribution in [0, 0.1) is 17.8 Å². The number of ether oxygens (including phenoxy) is 1. The van der Waals surface area contributed by atoms with Crippen molar-refractivity contribution in [1.29, 1.82) is 0 Å². The number of allylic oxidation sites excluding steroid dienone is 1. The molecule has 2 aliphatic carbocycles. The largest absolute Gasteiger partial charge is 0.490 e. The molecule has 0 radical (unpaired) electrons. The van der Waals surface area contributed by atoms with Crippen LogP contribution in [0.1, 0.15) is 67.4 Å². The van der Waals surface area contributed by atoms with Crippen molar-refractivity contribution in [1.82, 2.24) is 19.7 Å². The van der Waals surface area contributed by atoms with Gasteiger partial charge in [-0.25, -0.2) is 14.2 Å². The van der Waals surface area contributed by atoms with Crippen molar-refractivity contribution in [2.24, 2.45) is 29.2 Å². The number of hydrogen-bond acceptors (Lipinski definition) is 8. The predicted octanol–water partition coefficient (Wildman–Crippen LogP) is 6.50. The molecule has 268 valence electrons. The van der Waals surface area contributed by atoms with E-state index in [2.05, 4.69) is 41.2 Å². The molecule has 1 amide bonds. The first kappa shape index (κ1) is 34.1. The lowest BCUT2D eigenvalue weighted by atomic mass is 9.68. The average Bonchev–Trinajstić information content (AvgIpc) is 3.41. The van der Waals surface area contributed by atoms with Crippen molar-refractivity contribution < 1.29 is 18.8 Å². The van der Waals surface area contributed by atoms with Crippen LogP contribution in [0.3, 0.4) is 0 Å². The summed E-state index contributed by atoms with van der Waals surface area (Å²) in [5.41, 5.74) is 3.83. The van der Waals surface area contributed by atoms with E-state index in [1.54, 1.807) is 24.0 Å². The lowest BCUT2D eigenvalue weighted by Gasteiger charge is -2.45. The number of benzene rings is 2. The van der Waals surface area contributed by atoms with Crippen LogP contribution < -0.4 is 14.4 Å². The molecule has 2 aromatic carbocycles. The Morgan fingerprint density at radius 3 is 2.82 bits per heavy atom. The quantitative estimate of drug-likeness (QED) is 0.224. The van der Waals surface area contributed by atoms with Crippen LogP contribution in [-0.2, 0) is 28.8 Å². The first-order chi connectivity index (χ1) is 24.5. The van der Waals surface area contributed by atoms with E-state index in [4.69, 9.17) is 16.3 Å². The Morgan fingerprint density at radius 1 is 1.14 bits per heavy atom. The van der Waals surface area contributed by atoms with E-state index in [0.717, 1.165) is 42.8 Å². The highest BCUT2D eigenvalue weighted by molar-refractivity contribution is 7.95. The van der Waals surface area contributed by atoms with Crippen molar-refractivity contribution in [2.75, 3.05) is 29.3 Å². The van der Waals surface area contributed by atoms with Crippen LogP contribution in [0.2, 0.25) is 5.02 Å². The highest BCUT2D eigenvalue weighted by Gasteiger charge is 2.44. The first-order valence-electron chi connectivity index (χ1n) is 17.9. The Kier molecular flexibility index (Phi) is 8.83. The van der Waals surface area contributed by atoms with Gasteiger partial charge in [0.05, 0.1) is 29.0 Å². The van der Waals surface area contributed by atoms with Gasteiger partial charge >= 0.3 is 0 Å². The highest BCUT2D eigenvalue weighted by Crippen LogP contribution is 2.47. The fourth-order valence-corrected chi connectivity index (χ4v) is 10.6. The monoisotopic (exact) mass is 729 g/mol. The molecule has 4 heterocycles. The van der Waals surface area contributed by atoms with Gasteiger partial charge in [0.2, 0.25) is 0 Å². The summed E-state index contributed by atoms with van der Waals surface area (Å²) >= 11 is 6.45. The number of carbonyl (C=O) groups excluding carboxylic acids is 1. The van der Waals surface area contributed by atoms with Gasteiger partial charge in [0.15, 0.2) is 11.5 Å². The van der Waals surface area contributed by atoms with E-state index in [-0.39, 0.29) is 23.2 Å². The first-order valence-corrected chi connectivity index (χ1v) is 19.9. The number of aliphatic hydroxyl groups is 1. The molecular formula is C38H44ClN7O4S. The summed E-state index contributed by atoms with van der Waals surface area (Å²) in [5.74, 6) is 0.653. The molecule has 2 bridgehead atoms. The average molecular weight is 730 g/mol. The van der Waals surface area contributed by atoms with Gasteiger partial charge in [-0.1, -0.05) is 36.7 Å². The van der Waals surface area contributed by atoms with Gasteiger partial charge < -0.3 is 14.7 Å². The maximum Gasteiger partial charge on any atom is 0.286 e. The molecular weight excluding hydrogens is 686 g/mol. The number of aryl methyl sites for hydroxylation is 2. The van der Waals surface area contributed by atoms with Crippen LogP contribution >= 0.6 is 11.6 Å². The third kappa shape index (κ3) is 6.29. The van der Waals surface area contributed by atoms with Crippen molar-refractivity contribution in [3.8, 4) is 5.75 Å². The van der Waals surface area contributed by atoms with E-state index in [0.29, 0.717) is 54.3 Å². The van der Waals surface area contributed by atoms with Gasteiger partial charge in [0, 0.05) is 42.3 Å². The SMILES string of the molecule is C[C@@H]1[C@@H](C)C/C=C/[C@H](O)[C@@H]2CC[C@H]2CN2C[C@@]3(CCCc4cc(Cl)ccc43)COc3ccc(cc32)C(=O)N=S1(=O)Nc1ncnc2nn(C)cc12. The van der Waals surface area contributed by atoms with Crippen molar-refractivity contribution in [2.45, 2.75) is 69.1 Å². The van der Waals surface area contributed by atoms with Crippen LogP contribution in [0.5, 0.6) is 5.75 Å². The topological polar surface area (TPSA) is 135 Å². The van der Waals surface area contributed by atoms with E-state index in [9.17, 15) is 9.90 Å². The molecule has 1 saturated carbocycles. The summed E-state index contributed by atoms with van der Waals surface area (Å²) in [6.07, 6.45) is 11.9. The highest BCUT2D eigenvalue weighted by atomic mass is 35.5. The van der Waals surface area contributed by atoms with E-state index in [1.165, 1.54) is 17.5 Å². The van der Waals surface area contributed by atoms with E-state index < -0.39 is 27.2 Å². The van der Waals surface area contributed by atoms with Gasteiger partial charge in [-0.15, -0.1) is 4.36 Å². The molecule has 1 spiro atoms. The molecule has 13 heteroatoms. The van der Waals surface area contributed by atoms with Gasteiger partial charge in [0.1, 0.15) is 22.0 Å². The molecule has 1 fully saturated rings. The minimum Gasteiger partial charge on any atom is -0.490 e. The molecule has 51 heavy (non-hydrogen) atoms. The smallest absolute Gasteiger partial charge is 0.286 e. The molecule has 4 aliphatic rings. The number of fused-ring (bicyclic) bond motifs is 5. The minimum absolute atomic E-state index is 0.119. The summed E-state index contributed by atoms with van der Waals surface area (Å²) in [4.78, 5) is 25.2. The molecule has 2 aromatic heterocycles. The zero-order chi connectivity index (χ0) is 35.5. The number of anilines is 2. The van der Waals surface area contributed by atoms with Crippen LogP contribution in [-0.4, -0.2) is 66.0 Å². The zero-order valence-corrected chi connectivity index (χ0v) is 30.7. The van der Waals surface area contributed by atoms with Crippen molar-refractivity contribution in [3.05, 3.63) is 82.8 Å². The number of nitrogens with zero attached hydrogens (tertiary/aromatic N) is 6. The van der Waals surface area contributed by atoms with E-state index in [1.807, 2.05) is 44.2 Å². The minimum atomic E-state index is -3.46. The third-order valence-corrected chi connectivity index (χ3v) is 14.3. The lowest BCUT2D eigenvalue weighted by molar-refractivity contribution is 0.0456. The molecule has 1 unspecified atom stereocenters. The maximum atomic E-state index is 15.0. The second kappa shape index (κ2) is 13.2. The summed E-state index contributed by atoms with van der Waals surface area (Å²) < 4.78 is 30.9. The van der Waals surface area contributed by atoms with Gasteiger partial charge in [0.25, 0.3) is 5.91 Å². The number of aromatic nitrogens is 4. The second-order valence-electron chi connectivity index (χ2n) is 15.0. The van der Waals surface area contributed by atoms with Crippen molar-refractivity contribution in [3.63, 3.8) is 0 Å². The van der Waals surface area contributed by atoms with Crippen molar-refractivity contribution >= 4 is 50.0 Å². The predicted molar refractivity (Wildman–Crippen MR) is 200 cm³/mol. The summed E-state index contributed by atoms with van der Waals surface area (Å²) in [7, 11) is -1.68. The molecule has 2 aliphatic heterocycles. The number of rotatable bonds is 2. The molecule has 7 atom stereocenters. The summed E-state index contributed by atoms with van der Waals surface area (Å²) in [6.45, 7) is 5.74. The number of aliphatic hydroxyl groups excluding tert-OH is 1. The zero-order valence-electron chi connectivity index (χ0n) is 29.2. The molecule has 11 nitrogen and oxygen atoms in total. The third-order valence-electron chi connectivity index (χ3n) is 11.7. The number of carbonyl (C=O) groups is 1. The van der Waals surface area contributed by atoms with Gasteiger partial charge in [-0.2, -0.15) is 5.10 Å². The standard InChI is InChI=1S/C38H44ClN7O4S/c1-23-6-4-8-33(47)29-12-9-27(29)18-46-20-38(15-5-7-25-16-28(39)11-13-31(25)38)21-50-34-14-10-26(17-32(34)46)37(48)44-51(49,24(23)2)43-36-30-19-45(3)42-35(30)40-22-41-36/h4,8,10-11,13-14,16-17,19,22-24,27,29,33,47H,5-7,9,12,15,18,20-21H2,1-3H3,(H,40,41,42,43,44,48,49)/b8-4+/t23-,24+,27-,29+,33-,38-,51?/m0/s1. The number of amides is 1. The normalized spacial score (nSPS) is 31.4. The lowest BCUT2D eigenvalue weighted by Crippen LogP contribution is -2.49. The fraction of sp³-hybridized carbons (Fsp3) is 0.474. The Morgan fingerprint density at radius 2 is 2.00 bits per heavy atom. The summed E-state index contributed by atoms with van der Waals surface area (Å²) in [5, 5.41) is 16.5.